The van der Waals surface area contributed by atoms with Crippen molar-refractivity contribution < 1.29 is 0 Å². The molecule has 160 valence electrons. The summed E-state index contributed by atoms with van der Waals surface area (Å²) >= 11 is 1.47. The van der Waals surface area contributed by atoms with Crippen LogP contribution in [0.1, 0.15) is 21.6 Å². The fourth-order valence-corrected chi connectivity index (χ4v) is 3.90. The molecule has 4 rings (SSSR count). The van der Waals surface area contributed by atoms with Crippen LogP contribution < -0.4 is 11.1 Å². The molecule has 0 aliphatic heterocycles. The first kappa shape index (κ1) is 21.3. The quantitative estimate of drug-likeness (QED) is 0.300. The van der Waals surface area contributed by atoms with E-state index >= 15 is 0 Å². The van der Waals surface area contributed by atoms with Gasteiger partial charge in [0, 0.05) is 5.70 Å². The lowest BCUT2D eigenvalue weighted by Gasteiger charge is -2.12. The smallest absolute Gasteiger partial charge is 0.166 e. The standard InChI is InChI=1S/C25H24N6S/c1-17-9-11-19(12-10-17)15-28-24(30-18(2)22-13-14-23(26)32-22)21-16-29-31(25(21)27-3)20-7-5-4-6-8-20/h4-14,16H,2-3,15,26H2,1H3,(H,28,30). The first-order valence-electron chi connectivity index (χ1n) is 10.1. The summed E-state index contributed by atoms with van der Waals surface area (Å²) in [6.07, 6.45) is 1.74. The molecule has 2 aromatic heterocycles. The number of para-hydroxylation sites is 1. The molecule has 0 radical (unpaired) electrons. The molecule has 0 saturated carbocycles. The minimum absolute atomic E-state index is 0.496. The molecule has 0 unspecified atom stereocenters. The lowest BCUT2D eigenvalue weighted by atomic mass is 10.1. The highest BCUT2D eigenvalue weighted by atomic mass is 32.1. The maximum absolute atomic E-state index is 5.90. The summed E-state index contributed by atoms with van der Waals surface area (Å²) in [6, 6.07) is 21.9. The van der Waals surface area contributed by atoms with Gasteiger partial charge in [0.05, 0.1) is 33.9 Å². The van der Waals surface area contributed by atoms with Gasteiger partial charge in [0.25, 0.3) is 0 Å². The third kappa shape index (κ3) is 4.68. The van der Waals surface area contributed by atoms with Crippen molar-refractivity contribution in [2.24, 2.45) is 9.98 Å². The van der Waals surface area contributed by atoms with E-state index < -0.39 is 0 Å². The van der Waals surface area contributed by atoms with Crippen molar-refractivity contribution in [2.45, 2.75) is 13.5 Å². The van der Waals surface area contributed by atoms with Crippen LogP contribution in [-0.4, -0.2) is 22.3 Å². The number of rotatable bonds is 7. The van der Waals surface area contributed by atoms with Crippen molar-refractivity contribution >= 4 is 40.4 Å². The van der Waals surface area contributed by atoms with Crippen LogP contribution in [0.2, 0.25) is 0 Å². The number of aromatic nitrogens is 2. The van der Waals surface area contributed by atoms with Gasteiger partial charge in [0.2, 0.25) is 0 Å². The van der Waals surface area contributed by atoms with Gasteiger partial charge in [0.15, 0.2) is 5.82 Å². The first-order chi connectivity index (χ1) is 15.5. The van der Waals surface area contributed by atoms with Gasteiger partial charge in [-0.05, 0) is 43.5 Å². The Bertz CT molecular complexity index is 1270. The molecule has 3 N–H and O–H groups in total. The molecule has 32 heavy (non-hydrogen) atoms. The predicted octanol–water partition coefficient (Wildman–Crippen LogP) is 5.36. The lowest BCUT2D eigenvalue weighted by Crippen LogP contribution is -2.22. The number of nitrogens with zero attached hydrogens (tertiary/aromatic N) is 4. The summed E-state index contributed by atoms with van der Waals surface area (Å²) in [7, 11) is 0. The SMILES string of the molecule is C=Nc1c(C(=NCc2ccc(C)cc2)NC(=C)c2ccc(N)s2)cnn1-c1ccccc1. The van der Waals surface area contributed by atoms with Crippen LogP contribution >= 0.6 is 11.3 Å². The molecule has 0 saturated heterocycles. The zero-order chi connectivity index (χ0) is 22.5. The minimum atomic E-state index is 0.496. The van der Waals surface area contributed by atoms with Gasteiger partial charge in [-0.15, -0.1) is 11.3 Å². The lowest BCUT2D eigenvalue weighted by molar-refractivity contribution is 0.881. The van der Waals surface area contributed by atoms with Gasteiger partial charge in [-0.25, -0.2) is 9.67 Å². The van der Waals surface area contributed by atoms with E-state index in [-0.39, 0.29) is 0 Å². The summed E-state index contributed by atoms with van der Waals surface area (Å²) in [4.78, 5) is 10.1. The molecule has 0 aliphatic rings. The van der Waals surface area contributed by atoms with E-state index in [1.54, 1.807) is 10.9 Å². The van der Waals surface area contributed by atoms with Crippen LogP contribution in [0.4, 0.5) is 10.8 Å². The van der Waals surface area contributed by atoms with Crippen LogP contribution in [0.15, 0.2) is 89.5 Å². The Hall–Kier alpha value is -3.97. The predicted molar refractivity (Wildman–Crippen MR) is 135 cm³/mol. The highest BCUT2D eigenvalue weighted by Crippen LogP contribution is 2.26. The molecule has 2 heterocycles. The van der Waals surface area contributed by atoms with Crippen LogP contribution in [-0.2, 0) is 6.54 Å². The van der Waals surface area contributed by atoms with Crippen LogP contribution in [0.3, 0.4) is 0 Å². The second-order valence-electron chi connectivity index (χ2n) is 7.24. The Labute approximate surface area is 191 Å². The van der Waals surface area contributed by atoms with E-state index in [0.717, 1.165) is 26.7 Å². The molecular weight excluding hydrogens is 416 g/mol. The number of hydrogen-bond acceptors (Lipinski definition) is 5. The zero-order valence-electron chi connectivity index (χ0n) is 17.8. The van der Waals surface area contributed by atoms with Crippen LogP contribution in [0, 0.1) is 6.92 Å². The fraction of sp³-hybridized carbons (Fsp3) is 0.0800. The second kappa shape index (κ2) is 9.45. The van der Waals surface area contributed by atoms with Gasteiger partial charge in [-0.3, -0.25) is 4.99 Å². The summed E-state index contributed by atoms with van der Waals surface area (Å²) in [6.45, 7) is 10.5. The van der Waals surface area contributed by atoms with Gasteiger partial charge in [-0.2, -0.15) is 5.10 Å². The summed E-state index contributed by atoms with van der Waals surface area (Å²) in [5.74, 6) is 1.22. The second-order valence-corrected chi connectivity index (χ2v) is 8.36. The molecule has 4 aromatic rings. The maximum Gasteiger partial charge on any atom is 0.166 e. The number of amidine groups is 1. The largest absolute Gasteiger partial charge is 0.391 e. The summed E-state index contributed by atoms with van der Waals surface area (Å²) in [5.41, 5.74) is 10.5. The molecule has 2 aromatic carbocycles. The number of nitrogens with one attached hydrogen (secondary N) is 1. The van der Waals surface area contributed by atoms with Crippen molar-refractivity contribution in [1.82, 2.24) is 15.1 Å². The van der Waals surface area contributed by atoms with Crippen LogP contribution in [0.5, 0.6) is 0 Å². The molecule has 0 atom stereocenters. The van der Waals surface area contributed by atoms with E-state index in [4.69, 9.17) is 10.7 Å². The Morgan fingerprint density at radius 1 is 1.09 bits per heavy atom. The Balaban J connectivity index is 1.72. The molecular formula is C25H24N6S. The molecule has 0 bridgehead atoms. The summed E-state index contributed by atoms with van der Waals surface area (Å²) < 4.78 is 1.75. The highest BCUT2D eigenvalue weighted by molar-refractivity contribution is 7.16. The number of aliphatic imine (C=N–C) groups is 2. The molecule has 6 nitrogen and oxygen atoms in total. The Morgan fingerprint density at radius 2 is 1.84 bits per heavy atom. The van der Waals surface area contributed by atoms with Crippen molar-refractivity contribution in [3.8, 4) is 5.69 Å². The molecule has 0 aliphatic carbocycles. The van der Waals surface area contributed by atoms with E-state index in [9.17, 15) is 0 Å². The Kier molecular flexibility index (Phi) is 6.28. The molecule has 0 fully saturated rings. The zero-order valence-corrected chi connectivity index (χ0v) is 18.6. The molecule has 0 spiro atoms. The normalized spacial score (nSPS) is 11.3. The fourth-order valence-electron chi connectivity index (χ4n) is 3.19. The maximum atomic E-state index is 5.90. The van der Waals surface area contributed by atoms with E-state index in [2.05, 4.69) is 59.9 Å². The minimum Gasteiger partial charge on any atom is -0.391 e. The number of thiophene rings is 1. The van der Waals surface area contributed by atoms with Crippen molar-refractivity contribution in [3.63, 3.8) is 0 Å². The first-order valence-corrected chi connectivity index (χ1v) is 10.9. The van der Waals surface area contributed by atoms with E-state index in [1.165, 1.54) is 16.9 Å². The number of nitrogen functional groups attached to an aromatic ring is 1. The highest BCUT2D eigenvalue weighted by Gasteiger charge is 2.17. The number of nitrogens with two attached hydrogens (primary N) is 1. The van der Waals surface area contributed by atoms with Crippen molar-refractivity contribution in [1.29, 1.82) is 0 Å². The van der Waals surface area contributed by atoms with Crippen LogP contribution in [0.25, 0.3) is 11.4 Å². The Morgan fingerprint density at radius 3 is 2.50 bits per heavy atom. The van der Waals surface area contributed by atoms with Gasteiger partial charge in [-0.1, -0.05) is 54.6 Å². The average molecular weight is 441 g/mol. The van der Waals surface area contributed by atoms with E-state index in [0.29, 0.717) is 23.9 Å². The number of hydrogen-bond donors (Lipinski definition) is 2. The number of anilines is 1. The number of benzene rings is 2. The van der Waals surface area contributed by atoms with E-state index in [1.807, 2.05) is 42.5 Å². The average Bonchev–Trinajstić information content (AvgIpc) is 3.44. The monoisotopic (exact) mass is 440 g/mol. The van der Waals surface area contributed by atoms with Gasteiger partial charge in [0.1, 0.15) is 5.84 Å². The van der Waals surface area contributed by atoms with Gasteiger partial charge >= 0.3 is 0 Å². The third-order valence-corrected chi connectivity index (χ3v) is 5.86. The third-order valence-electron chi connectivity index (χ3n) is 4.88. The van der Waals surface area contributed by atoms with Crippen molar-refractivity contribution in [3.05, 3.63) is 101 Å². The van der Waals surface area contributed by atoms with Gasteiger partial charge < -0.3 is 11.1 Å². The van der Waals surface area contributed by atoms with Crippen molar-refractivity contribution in [2.75, 3.05) is 5.73 Å². The topological polar surface area (TPSA) is 80.6 Å². The molecule has 0 amide bonds. The number of aryl methyl sites for hydroxylation is 1. The molecule has 7 heteroatoms. The summed E-state index contributed by atoms with van der Waals surface area (Å²) in [5, 5.41) is 8.63.